The van der Waals surface area contributed by atoms with Crippen molar-refractivity contribution in [1.82, 2.24) is 20.0 Å². The molecular formula is C18H22N4O2. The number of para-hydroxylation sites is 1. The molecular weight excluding hydrogens is 304 g/mol. The molecule has 4 rings (SSSR count). The van der Waals surface area contributed by atoms with E-state index in [2.05, 4.69) is 15.3 Å². The van der Waals surface area contributed by atoms with Gasteiger partial charge >= 0.3 is 0 Å². The minimum atomic E-state index is -0.326. The van der Waals surface area contributed by atoms with Crippen molar-refractivity contribution in [2.24, 2.45) is 7.05 Å². The third kappa shape index (κ3) is 2.78. The summed E-state index contributed by atoms with van der Waals surface area (Å²) < 4.78 is 7.89. The summed E-state index contributed by atoms with van der Waals surface area (Å²) in [5.74, 6) is 0.640. The molecule has 1 aromatic carbocycles. The molecule has 3 heterocycles. The molecule has 0 saturated carbocycles. The fourth-order valence-corrected chi connectivity index (χ4v) is 3.71. The van der Waals surface area contributed by atoms with Gasteiger partial charge in [-0.2, -0.15) is 5.10 Å². The van der Waals surface area contributed by atoms with Crippen molar-refractivity contribution < 1.29 is 9.53 Å². The minimum Gasteiger partial charge on any atom is -0.490 e. The number of hydrogen-bond acceptors (Lipinski definition) is 4. The largest absolute Gasteiger partial charge is 0.490 e. The number of aryl methyl sites for hydroxylation is 1. The number of carbonyl (C=O) groups is 1. The molecule has 1 saturated heterocycles. The quantitative estimate of drug-likeness (QED) is 0.910. The van der Waals surface area contributed by atoms with Crippen LogP contribution in [-0.2, 0) is 13.6 Å². The third-order valence-corrected chi connectivity index (χ3v) is 4.98. The molecule has 6 heteroatoms. The molecule has 2 aromatic rings. The van der Waals surface area contributed by atoms with Crippen LogP contribution in [0.2, 0.25) is 0 Å². The van der Waals surface area contributed by atoms with E-state index in [0.29, 0.717) is 17.9 Å². The summed E-state index contributed by atoms with van der Waals surface area (Å²) in [6.07, 6.45) is 3.80. The van der Waals surface area contributed by atoms with Gasteiger partial charge in [0.15, 0.2) is 0 Å². The molecule has 0 bridgehead atoms. The van der Waals surface area contributed by atoms with Crippen LogP contribution in [0, 0.1) is 0 Å². The monoisotopic (exact) mass is 326 g/mol. The maximum absolute atomic E-state index is 12.6. The van der Waals surface area contributed by atoms with Crippen molar-refractivity contribution in [3.8, 4) is 5.75 Å². The fourth-order valence-electron chi connectivity index (χ4n) is 3.71. The molecule has 1 N–H and O–H groups in total. The Morgan fingerprint density at radius 2 is 2.21 bits per heavy atom. The Bertz CT molecular complexity index is 757. The van der Waals surface area contributed by atoms with Gasteiger partial charge in [-0.05, 0) is 37.6 Å². The molecule has 1 aromatic heterocycles. The molecule has 2 aliphatic rings. The van der Waals surface area contributed by atoms with Crippen LogP contribution in [0.25, 0.3) is 0 Å². The van der Waals surface area contributed by atoms with Gasteiger partial charge in [-0.3, -0.25) is 14.4 Å². The predicted octanol–water partition coefficient (Wildman–Crippen LogP) is 1.58. The van der Waals surface area contributed by atoms with Gasteiger partial charge in [0.2, 0.25) is 0 Å². The molecule has 24 heavy (non-hydrogen) atoms. The first-order chi connectivity index (χ1) is 11.7. The molecule has 1 spiro atoms. The molecule has 1 atom stereocenters. The van der Waals surface area contributed by atoms with Crippen molar-refractivity contribution in [3.63, 3.8) is 0 Å². The highest BCUT2D eigenvalue weighted by molar-refractivity contribution is 5.97. The second-order valence-electron chi connectivity index (χ2n) is 6.78. The van der Waals surface area contributed by atoms with Crippen LogP contribution in [0.5, 0.6) is 5.75 Å². The first kappa shape index (κ1) is 15.2. The van der Waals surface area contributed by atoms with Crippen molar-refractivity contribution in [3.05, 3.63) is 47.8 Å². The number of ether oxygens (including phenoxy) is 1. The van der Waals surface area contributed by atoms with Crippen molar-refractivity contribution in [2.45, 2.75) is 24.9 Å². The summed E-state index contributed by atoms with van der Waals surface area (Å²) in [4.78, 5) is 15.0. The summed E-state index contributed by atoms with van der Waals surface area (Å²) in [6.45, 7) is 3.16. The molecule has 0 aliphatic carbocycles. The Labute approximate surface area is 141 Å². The SMILES string of the molecule is Cn1nccc1CN1CCCC2(COc3ccccc3C(=O)N2)C1. The van der Waals surface area contributed by atoms with E-state index in [1.54, 1.807) is 0 Å². The number of nitrogens with zero attached hydrogens (tertiary/aromatic N) is 3. The summed E-state index contributed by atoms with van der Waals surface area (Å²) in [7, 11) is 1.96. The van der Waals surface area contributed by atoms with Gasteiger partial charge in [0.25, 0.3) is 5.91 Å². The van der Waals surface area contributed by atoms with Gasteiger partial charge < -0.3 is 10.1 Å². The summed E-state index contributed by atoms with van der Waals surface area (Å²) in [5.41, 5.74) is 1.47. The normalized spacial score (nSPS) is 24.1. The van der Waals surface area contributed by atoms with Crippen molar-refractivity contribution in [2.75, 3.05) is 19.7 Å². The highest BCUT2D eigenvalue weighted by Gasteiger charge is 2.40. The Balaban J connectivity index is 1.53. The summed E-state index contributed by atoms with van der Waals surface area (Å²) >= 11 is 0. The van der Waals surface area contributed by atoms with Crippen LogP contribution < -0.4 is 10.1 Å². The number of benzene rings is 1. The lowest BCUT2D eigenvalue weighted by molar-refractivity contribution is 0.0635. The zero-order valence-corrected chi connectivity index (χ0v) is 13.9. The van der Waals surface area contributed by atoms with E-state index in [1.807, 2.05) is 48.3 Å². The van der Waals surface area contributed by atoms with Crippen LogP contribution in [-0.4, -0.2) is 45.8 Å². The van der Waals surface area contributed by atoms with Crippen LogP contribution in [0.3, 0.4) is 0 Å². The van der Waals surface area contributed by atoms with E-state index in [0.717, 1.165) is 32.5 Å². The lowest BCUT2D eigenvalue weighted by Crippen LogP contribution is -2.60. The Morgan fingerprint density at radius 3 is 3.04 bits per heavy atom. The average Bonchev–Trinajstić information content (AvgIpc) is 2.92. The lowest BCUT2D eigenvalue weighted by atomic mass is 9.89. The molecule has 6 nitrogen and oxygen atoms in total. The number of nitrogens with one attached hydrogen (secondary N) is 1. The van der Waals surface area contributed by atoms with Crippen LogP contribution in [0.4, 0.5) is 0 Å². The number of amides is 1. The van der Waals surface area contributed by atoms with Crippen molar-refractivity contribution in [1.29, 1.82) is 0 Å². The van der Waals surface area contributed by atoms with Crippen molar-refractivity contribution >= 4 is 5.91 Å². The van der Waals surface area contributed by atoms with Gasteiger partial charge in [-0.1, -0.05) is 12.1 Å². The fraction of sp³-hybridized carbons (Fsp3) is 0.444. The molecule has 0 radical (unpaired) electrons. The molecule has 1 unspecified atom stereocenters. The van der Waals surface area contributed by atoms with Gasteiger partial charge in [0.1, 0.15) is 12.4 Å². The first-order valence-corrected chi connectivity index (χ1v) is 8.39. The highest BCUT2D eigenvalue weighted by atomic mass is 16.5. The molecule has 2 aliphatic heterocycles. The number of piperidine rings is 1. The summed E-state index contributed by atoms with van der Waals surface area (Å²) in [5, 5.41) is 7.48. The Hall–Kier alpha value is -2.34. The Morgan fingerprint density at radius 1 is 1.33 bits per heavy atom. The lowest BCUT2D eigenvalue weighted by Gasteiger charge is -2.42. The van der Waals surface area contributed by atoms with E-state index < -0.39 is 0 Å². The number of carbonyl (C=O) groups excluding carboxylic acids is 1. The predicted molar refractivity (Wildman–Crippen MR) is 89.9 cm³/mol. The first-order valence-electron chi connectivity index (χ1n) is 8.39. The van der Waals surface area contributed by atoms with E-state index in [4.69, 9.17) is 4.74 Å². The van der Waals surface area contributed by atoms with E-state index in [-0.39, 0.29) is 11.4 Å². The van der Waals surface area contributed by atoms with Crippen LogP contribution in [0.1, 0.15) is 28.9 Å². The van der Waals surface area contributed by atoms with Crippen LogP contribution >= 0.6 is 0 Å². The number of hydrogen-bond donors (Lipinski definition) is 1. The smallest absolute Gasteiger partial charge is 0.255 e. The van der Waals surface area contributed by atoms with Gasteiger partial charge in [-0.25, -0.2) is 0 Å². The standard InChI is InChI=1S/C18H22N4O2/c1-21-14(7-9-19-21)11-22-10-4-8-18(12-22)13-24-16-6-3-2-5-15(16)17(23)20-18/h2-3,5-7,9H,4,8,10-13H2,1H3,(H,20,23). The van der Waals surface area contributed by atoms with E-state index in [1.165, 1.54) is 5.69 Å². The van der Waals surface area contributed by atoms with Crippen LogP contribution in [0.15, 0.2) is 36.5 Å². The topological polar surface area (TPSA) is 59.4 Å². The zero-order chi connectivity index (χ0) is 16.6. The average molecular weight is 326 g/mol. The number of fused-ring (bicyclic) bond motifs is 1. The number of likely N-dealkylation sites (tertiary alicyclic amines) is 1. The molecule has 1 amide bonds. The van der Waals surface area contributed by atoms with E-state index in [9.17, 15) is 4.79 Å². The number of rotatable bonds is 2. The summed E-state index contributed by atoms with van der Waals surface area (Å²) in [6, 6.07) is 9.50. The van der Waals surface area contributed by atoms with Gasteiger partial charge in [0.05, 0.1) is 16.8 Å². The van der Waals surface area contributed by atoms with Gasteiger partial charge in [0, 0.05) is 26.3 Å². The number of aromatic nitrogens is 2. The molecule has 1 fully saturated rings. The van der Waals surface area contributed by atoms with E-state index >= 15 is 0 Å². The highest BCUT2D eigenvalue weighted by Crippen LogP contribution is 2.29. The Kier molecular flexibility index (Phi) is 3.76. The molecule has 126 valence electrons. The second-order valence-corrected chi connectivity index (χ2v) is 6.78. The zero-order valence-electron chi connectivity index (χ0n) is 13.9. The minimum absolute atomic E-state index is 0.0366. The second kappa shape index (κ2) is 5.94. The van der Waals surface area contributed by atoms with Gasteiger partial charge in [-0.15, -0.1) is 0 Å². The maximum atomic E-state index is 12.6. The maximum Gasteiger partial charge on any atom is 0.255 e. The third-order valence-electron chi connectivity index (χ3n) is 4.98.